The molecule has 0 N–H and O–H groups in total. The number of amides is 1. The number of nitrogens with zero attached hydrogens (tertiary/aromatic N) is 2. The fourth-order valence-electron chi connectivity index (χ4n) is 1.88. The summed E-state index contributed by atoms with van der Waals surface area (Å²) in [5, 5.41) is 1.94. The lowest BCUT2D eigenvalue weighted by Gasteiger charge is -2.33. The minimum Gasteiger partial charge on any atom is -0.308 e. The molecule has 4 nitrogen and oxygen atoms in total. The van der Waals surface area contributed by atoms with Crippen molar-refractivity contribution in [2.45, 2.75) is 26.2 Å². The van der Waals surface area contributed by atoms with Crippen molar-refractivity contribution in [3.8, 4) is 0 Å². The summed E-state index contributed by atoms with van der Waals surface area (Å²) in [5.41, 5.74) is 0. The highest BCUT2D eigenvalue weighted by molar-refractivity contribution is 7.96. The van der Waals surface area contributed by atoms with Gasteiger partial charge in [0.05, 0.1) is 5.41 Å². The van der Waals surface area contributed by atoms with Gasteiger partial charge < -0.3 is 4.84 Å². The van der Waals surface area contributed by atoms with Crippen LogP contribution in [0.4, 0.5) is 0 Å². The average Bonchev–Trinajstić information content (AvgIpc) is 2.71. The predicted molar refractivity (Wildman–Crippen MR) is 59.0 cm³/mol. The van der Waals surface area contributed by atoms with E-state index in [-0.39, 0.29) is 5.91 Å². The van der Waals surface area contributed by atoms with Gasteiger partial charge in [0.25, 0.3) is 0 Å². The second kappa shape index (κ2) is 4.45. The van der Waals surface area contributed by atoms with Crippen LogP contribution in [0.2, 0.25) is 0 Å². The molecule has 1 saturated heterocycles. The van der Waals surface area contributed by atoms with Gasteiger partial charge in [-0.3, -0.25) is 9.69 Å². The third-order valence-electron chi connectivity index (χ3n) is 2.85. The van der Waals surface area contributed by atoms with Crippen LogP contribution in [-0.4, -0.2) is 34.6 Å². The summed E-state index contributed by atoms with van der Waals surface area (Å²) in [7, 11) is 0. The van der Waals surface area contributed by atoms with Gasteiger partial charge in [-0.25, -0.2) is 0 Å². The first-order chi connectivity index (χ1) is 7.26. The largest absolute Gasteiger partial charge is 0.308 e. The maximum Gasteiger partial charge on any atom is 0.226 e. The van der Waals surface area contributed by atoms with E-state index in [1.807, 2.05) is 10.3 Å². The lowest BCUT2D eigenvalue weighted by Crippen LogP contribution is -2.50. The van der Waals surface area contributed by atoms with Crippen molar-refractivity contribution in [3.05, 3.63) is 11.7 Å². The van der Waals surface area contributed by atoms with Crippen LogP contribution in [0.1, 0.15) is 26.2 Å². The Morgan fingerprint density at radius 2 is 2.47 bits per heavy atom. The first kappa shape index (κ1) is 10.8. The standard InChI is InChI=1S/C10H17N2O2S/c1-2-12(14-7-8-15-12)9-11-6-4-3-5-10(11)13/h7-8H,2-6,9H2,1H3/q+1. The van der Waals surface area contributed by atoms with E-state index in [2.05, 4.69) is 6.92 Å². The Bertz CT molecular complexity index is 273. The Hall–Kier alpha value is -0.680. The van der Waals surface area contributed by atoms with Crippen LogP contribution in [0, 0.1) is 0 Å². The number of quaternary nitrogens is 1. The van der Waals surface area contributed by atoms with E-state index in [1.165, 1.54) is 0 Å². The summed E-state index contributed by atoms with van der Waals surface area (Å²) in [6.45, 7) is 4.48. The smallest absolute Gasteiger partial charge is 0.226 e. The normalized spacial score (nSPS) is 30.7. The summed E-state index contributed by atoms with van der Waals surface area (Å²) in [5.74, 6) is 0.267. The number of likely N-dealkylation sites (tertiary alicyclic amines) is 1. The van der Waals surface area contributed by atoms with Crippen LogP contribution < -0.4 is 0 Å². The number of hydrogen-bond acceptors (Lipinski definition) is 3. The van der Waals surface area contributed by atoms with Gasteiger partial charge in [-0.1, -0.05) is 4.05 Å². The molecule has 1 unspecified atom stereocenters. The number of piperidine rings is 1. The lowest BCUT2D eigenvalue weighted by atomic mass is 10.1. The molecule has 2 aliphatic rings. The van der Waals surface area contributed by atoms with Gasteiger partial charge in [-0.05, 0) is 19.8 Å². The summed E-state index contributed by atoms with van der Waals surface area (Å²) in [6.07, 6.45) is 4.56. The Morgan fingerprint density at radius 1 is 1.60 bits per heavy atom. The molecule has 1 fully saturated rings. The quantitative estimate of drug-likeness (QED) is 0.546. The van der Waals surface area contributed by atoms with Gasteiger partial charge in [0, 0.05) is 13.0 Å². The van der Waals surface area contributed by atoms with E-state index < -0.39 is 0 Å². The minimum atomic E-state index is 0.267. The van der Waals surface area contributed by atoms with Gasteiger partial charge in [-0.2, -0.15) is 0 Å². The van der Waals surface area contributed by atoms with Gasteiger partial charge >= 0.3 is 0 Å². The van der Waals surface area contributed by atoms with Gasteiger partial charge in [-0.15, -0.1) is 0 Å². The molecule has 2 rings (SSSR count). The molecule has 0 aromatic heterocycles. The number of hydroxylamine groups is 2. The number of carbonyl (C=O) groups is 1. The third-order valence-corrected chi connectivity index (χ3v) is 3.93. The van der Waals surface area contributed by atoms with Crippen molar-refractivity contribution < 1.29 is 13.7 Å². The van der Waals surface area contributed by atoms with Crippen molar-refractivity contribution in [2.24, 2.45) is 0 Å². The second-order valence-corrected chi connectivity index (χ2v) is 5.02. The summed E-state index contributed by atoms with van der Waals surface area (Å²) in [6, 6.07) is 0. The van der Waals surface area contributed by atoms with Crippen LogP contribution in [0.5, 0.6) is 0 Å². The summed E-state index contributed by atoms with van der Waals surface area (Å²) < 4.78 is 0.464. The van der Waals surface area contributed by atoms with Crippen molar-refractivity contribution >= 4 is 17.9 Å². The zero-order valence-electron chi connectivity index (χ0n) is 9.02. The van der Waals surface area contributed by atoms with Crippen LogP contribution in [0.25, 0.3) is 0 Å². The Balaban J connectivity index is 1.96. The van der Waals surface area contributed by atoms with Crippen LogP contribution >= 0.6 is 11.9 Å². The highest BCUT2D eigenvalue weighted by atomic mass is 32.2. The average molecular weight is 229 g/mol. The zero-order valence-corrected chi connectivity index (χ0v) is 9.83. The molecule has 0 spiro atoms. The second-order valence-electron chi connectivity index (χ2n) is 3.87. The van der Waals surface area contributed by atoms with E-state index in [1.54, 1.807) is 18.2 Å². The Kier molecular flexibility index (Phi) is 3.21. The predicted octanol–water partition coefficient (Wildman–Crippen LogP) is 1.86. The van der Waals surface area contributed by atoms with E-state index in [0.29, 0.717) is 17.1 Å². The molecule has 0 aromatic rings. The molecule has 0 aliphatic carbocycles. The molecular formula is C10H17N2O2S+. The molecule has 1 amide bonds. The molecule has 0 aromatic carbocycles. The Morgan fingerprint density at radius 3 is 3.07 bits per heavy atom. The third kappa shape index (κ3) is 2.29. The monoisotopic (exact) mass is 229 g/mol. The van der Waals surface area contributed by atoms with E-state index in [9.17, 15) is 4.79 Å². The fourth-order valence-corrected chi connectivity index (χ4v) is 2.66. The minimum absolute atomic E-state index is 0.267. The van der Waals surface area contributed by atoms with Crippen molar-refractivity contribution in [1.82, 2.24) is 4.90 Å². The first-order valence-corrected chi connectivity index (χ1v) is 6.26. The van der Waals surface area contributed by atoms with Gasteiger partial charge in [0.2, 0.25) is 12.6 Å². The van der Waals surface area contributed by atoms with Crippen molar-refractivity contribution in [3.63, 3.8) is 0 Å². The lowest BCUT2D eigenvalue weighted by molar-refractivity contribution is -0.987. The molecule has 2 aliphatic heterocycles. The maximum absolute atomic E-state index is 11.7. The van der Waals surface area contributed by atoms with E-state index >= 15 is 0 Å². The Labute approximate surface area is 94.5 Å². The molecule has 2 heterocycles. The summed E-state index contributed by atoms with van der Waals surface area (Å²) in [4.78, 5) is 19.2. The van der Waals surface area contributed by atoms with Crippen molar-refractivity contribution in [1.29, 1.82) is 0 Å². The number of hydrogen-bond donors (Lipinski definition) is 0. The van der Waals surface area contributed by atoms with Gasteiger partial charge in [0.1, 0.15) is 6.54 Å². The zero-order chi connectivity index (χ0) is 10.7. The first-order valence-electron chi connectivity index (χ1n) is 5.42. The molecule has 1 atom stereocenters. The van der Waals surface area contributed by atoms with Gasteiger partial charge in [0.15, 0.2) is 18.2 Å². The number of carbonyl (C=O) groups excluding carboxylic acids is 1. The number of rotatable bonds is 3. The van der Waals surface area contributed by atoms with E-state index in [0.717, 1.165) is 25.9 Å². The highest BCUT2D eigenvalue weighted by Gasteiger charge is 2.37. The topological polar surface area (TPSA) is 29.5 Å². The molecular weight excluding hydrogens is 212 g/mol. The molecule has 0 saturated carbocycles. The van der Waals surface area contributed by atoms with Crippen LogP contribution in [-0.2, 0) is 9.63 Å². The van der Waals surface area contributed by atoms with E-state index in [4.69, 9.17) is 4.84 Å². The molecule has 84 valence electrons. The molecule has 5 heteroatoms. The molecule has 0 bridgehead atoms. The van der Waals surface area contributed by atoms with Crippen LogP contribution in [0.3, 0.4) is 0 Å². The SMILES string of the molecule is CC[N+]1(CN2CCCCC2=O)OC=CS1. The van der Waals surface area contributed by atoms with Crippen LogP contribution in [0.15, 0.2) is 11.7 Å². The maximum atomic E-state index is 11.7. The fraction of sp³-hybridized carbons (Fsp3) is 0.700. The van der Waals surface area contributed by atoms with Crippen molar-refractivity contribution in [2.75, 3.05) is 19.8 Å². The highest BCUT2D eigenvalue weighted by Crippen LogP contribution is 2.31. The summed E-state index contributed by atoms with van der Waals surface area (Å²) >= 11 is 1.63. The molecule has 15 heavy (non-hydrogen) atoms. The molecule has 0 radical (unpaired) electrons.